The second-order valence-corrected chi connectivity index (χ2v) is 3.90. The van der Waals surface area contributed by atoms with Crippen LogP contribution in [0.4, 0.5) is 0 Å². The van der Waals surface area contributed by atoms with E-state index in [0.717, 1.165) is 16.6 Å². The molecule has 2 N–H and O–H groups in total. The highest BCUT2D eigenvalue weighted by Gasteiger charge is 2.15. The van der Waals surface area contributed by atoms with Gasteiger partial charge in [0.1, 0.15) is 0 Å². The zero-order chi connectivity index (χ0) is 11.2. The molecular weight excluding hydrogens is 212 g/mol. The van der Waals surface area contributed by atoms with Gasteiger partial charge in [-0.2, -0.15) is 0 Å². The average molecular weight is 223 g/mol. The largest absolute Gasteiger partial charge is 0.366 e. The molecule has 4 heteroatoms. The molecule has 1 aromatic heterocycles. The van der Waals surface area contributed by atoms with Gasteiger partial charge in [-0.15, -0.1) is 0 Å². The van der Waals surface area contributed by atoms with Crippen molar-refractivity contribution in [3.63, 3.8) is 0 Å². The Morgan fingerprint density at radius 1 is 1.40 bits per heavy atom. The molecule has 0 saturated carbocycles. The molecule has 15 heavy (non-hydrogen) atoms. The van der Waals surface area contributed by atoms with E-state index in [-0.39, 0.29) is 0 Å². The summed E-state index contributed by atoms with van der Waals surface area (Å²) in [5.74, 6) is -0.458. The number of aryl methyl sites for hydroxylation is 1. The topological polar surface area (TPSA) is 48.0 Å². The van der Waals surface area contributed by atoms with Crippen molar-refractivity contribution in [2.24, 2.45) is 5.73 Å². The summed E-state index contributed by atoms with van der Waals surface area (Å²) in [4.78, 5) is 11.2. The van der Waals surface area contributed by atoms with Gasteiger partial charge in [-0.05, 0) is 25.5 Å². The van der Waals surface area contributed by atoms with Crippen LogP contribution in [-0.4, -0.2) is 9.99 Å². The summed E-state index contributed by atoms with van der Waals surface area (Å²) in [6.07, 6.45) is 0. The molecule has 0 aliphatic carbocycles. The van der Waals surface area contributed by atoms with E-state index in [4.69, 9.17) is 17.5 Å². The summed E-state index contributed by atoms with van der Waals surface area (Å²) < 4.78 is 1.49. The third-order valence-electron chi connectivity index (χ3n) is 2.74. The van der Waals surface area contributed by atoms with Crippen molar-refractivity contribution in [1.82, 2.24) is 4.09 Å². The number of nitrogens with two attached hydrogens (primary N) is 1. The summed E-state index contributed by atoms with van der Waals surface area (Å²) in [6.45, 7) is 3.88. The number of halogens is 1. The van der Waals surface area contributed by atoms with Crippen molar-refractivity contribution >= 4 is 28.6 Å². The lowest BCUT2D eigenvalue weighted by Crippen LogP contribution is -2.11. The molecule has 0 fully saturated rings. The molecule has 0 saturated heterocycles. The molecule has 0 aliphatic rings. The fourth-order valence-corrected chi connectivity index (χ4v) is 2.08. The second kappa shape index (κ2) is 3.28. The highest BCUT2D eigenvalue weighted by Crippen LogP contribution is 2.28. The van der Waals surface area contributed by atoms with Crippen LogP contribution in [0.15, 0.2) is 18.2 Å². The Bertz CT molecular complexity index is 557. The summed E-state index contributed by atoms with van der Waals surface area (Å²) >= 11 is 6.10. The first-order valence-electron chi connectivity index (χ1n) is 4.60. The number of para-hydroxylation sites is 1. The number of carbonyl (C=O) groups is 1. The van der Waals surface area contributed by atoms with E-state index in [1.165, 1.54) is 4.09 Å². The molecule has 0 radical (unpaired) electrons. The molecule has 0 bridgehead atoms. The van der Waals surface area contributed by atoms with Gasteiger partial charge in [0.05, 0.1) is 11.1 Å². The second-order valence-electron chi connectivity index (χ2n) is 3.56. The van der Waals surface area contributed by atoms with Crippen molar-refractivity contribution in [2.75, 3.05) is 0 Å². The number of carbonyl (C=O) groups excluding carboxylic acids is 1. The SMILES string of the molecule is Cc1c(C)n(Cl)c2c(C(N)=O)cccc12. The normalized spacial score (nSPS) is 10.9. The maximum Gasteiger partial charge on any atom is 0.250 e. The first-order valence-corrected chi connectivity index (χ1v) is 4.94. The Morgan fingerprint density at radius 2 is 2.07 bits per heavy atom. The van der Waals surface area contributed by atoms with Gasteiger partial charge in [-0.25, -0.2) is 0 Å². The molecule has 78 valence electrons. The molecule has 1 aromatic carbocycles. The maximum absolute atomic E-state index is 11.2. The van der Waals surface area contributed by atoms with Gasteiger partial charge in [0, 0.05) is 22.9 Å². The molecule has 2 rings (SSSR count). The van der Waals surface area contributed by atoms with E-state index >= 15 is 0 Å². The fourth-order valence-electron chi connectivity index (χ4n) is 1.77. The summed E-state index contributed by atoms with van der Waals surface area (Å²) in [5, 5.41) is 0.971. The van der Waals surface area contributed by atoms with Gasteiger partial charge in [-0.3, -0.25) is 8.88 Å². The van der Waals surface area contributed by atoms with Crippen LogP contribution >= 0.6 is 11.8 Å². The number of aromatic nitrogens is 1. The number of primary amides is 1. The lowest BCUT2D eigenvalue weighted by Gasteiger charge is -2.00. The molecular formula is C11H11ClN2O. The van der Waals surface area contributed by atoms with Crippen molar-refractivity contribution in [2.45, 2.75) is 13.8 Å². The quantitative estimate of drug-likeness (QED) is 0.791. The number of benzene rings is 1. The van der Waals surface area contributed by atoms with Crippen LogP contribution in [0, 0.1) is 13.8 Å². The van der Waals surface area contributed by atoms with Crippen LogP contribution in [0.2, 0.25) is 0 Å². The predicted molar refractivity (Wildman–Crippen MR) is 61.2 cm³/mol. The molecule has 3 nitrogen and oxygen atoms in total. The Kier molecular flexibility index (Phi) is 2.20. The van der Waals surface area contributed by atoms with Crippen molar-refractivity contribution in [3.8, 4) is 0 Å². The van der Waals surface area contributed by atoms with Gasteiger partial charge < -0.3 is 5.73 Å². The number of nitrogens with zero attached hydrogens (tertiary/aromatic N) is 1. The highest BCUT2D eigenvalue weighted by molar-refractivity contribution is 6.22. The predicted octanol–water partition coefficient (Wildman–Crippen LogP) is 2.36. The standard InChI is InChI=1S/C11H11ClN2O/c1-6-7(2)14(12)10-8(6)4-3-5-9(10)11(13)15/h3-5H,1-2H3,(H2,13,15). The minimum atomic E-state index is -0.458. The zero-order valence-corrected chi connectivity index (χ0v) is 9.30. The monoisotopic (exact) mass is 222 g/mol. The van der Waals surface area contributed by atoms with Gasteiger partial charge in [0.2, 0.25) is 0 Å². The van der Waals surface area contributed by atoms with Crippen LogP contribution in [0.1, 0.15) is 21.6 Å². The molecule has 1 heterocycles. The van der Waals surface area contributed by atoms with E-state index in [2.05, 4.69) is 0 Å². The van der Waals surface area contributed by atoms with Crippen molar-refractivity contribution in [3.05, 3.63) is 35.0 Å². The van der Waals surface area contributed by atoms with E-state index in [1.807, 2.05) is 26.0 Å². The summed E-state index contributed by atoms with van der Waals surface area (Å²) in [6, 6.07) is 5.43. The average Bonchev–Trinajstić information content (AvgIpc) is 2.44. The molecule has 0 atom stereocenters. The van der Waals surface area contributed by atoms with Crippen LogP contribution in [-0.2, 0) is 0 Å². The van der Waals surface area contributed by atoms with E-state index in [9.17, 15) is 4.79 Å². The van der Waals surface area contributed by atoms with Gasteiger partial charge in [0.15, 0.2) is 0 Å². The lowest BCUT2D eigenvalue weighted by atomic mass is 10.1. The molecule has 2 aromatic rings. The number of hydrogen-bond acceptors (Lipinski definition) is 1. The fraction of sp³-hybridized carbons (Fsp3) is 0.182. The Balaban J connectivity index is 2.98. The Morgan fingerprint density at radius 3 is 2.67 bits per heavy atom. The third kappa shape index (κ3) is 1.31. The Labute approximate surface area is 92.5 Å². The van der Waals surface area contributed by atoms with E-state index < -0.39 is 5.91 Å². The van der Waals surface area contributed by atoms with Crippen LogP contribution in [0.5, 0.6) is 0 Å². The zero-order valence-electron chi connectivity index (χ0n) is 8.54. The first-order chi connectivity index (χ1) is 7.04. The van der Waals surface area contributed by atoms with Gasteiger partial charge >= 0.3 is 0 Å². The molecule has 0 spiro atoms. The van der Waals surface area contributed by atoms with Crippen molar-refractivity contribution in [1.29, 1.82) is 0 Å². The van der Waals surface area contributed by atoms with Crippen molar-refractivity contribution < 1.29 is 4.79 Å². The number of fused-ring (bicyclic) bond motifs is 1. The highest BCUT2D eigenvalue weighted by atomic mass is 35.5. The number of amides is 1. The molecule has 0 unspecified atom stereocenters. The van der Waals surface area contributed by atoms with E-state index in [1.54, 1.807) is 6.07 Å². The van der Waals surface area contributed by atoms with E-state index in [0.29, 0.717) is 11.1 Å². The minimum absolute atomic E-state index is 0.457. The van der Waals surface area contributed by atoms with Gasteiger partial charge in [-0.1, -0.05) is 12.1 Å². The smallest absolute Gasteiger partial charge is 0.250 e. The third-order valence-corrected chi connectivity index (χ3v) is 3.16. The lowest BCUT2D eigenvalue weighted by molar-refractivity contribution is 0.100. The van der Waals surface area contributed by atoms with Crippen LogP contribution in [0.3, 0.4) is 0 Å². The number of hydrogen-bond donors (Lipinski definition) is 1. The summed E-state index contributed by atoms with van der Waals surface area (Å²) in [5.41, 5.74) is 8.45. The summed E-state index contributed by atoms with van der Waals surface area (Å²) in [7, 11) is 0. The molecule has 1 amide bonds. The Hall–Kier alpha value is -1.48. The van der Waals surface area contributed by atoms with Gasteiger partial charge in [0.25, 0.3) is 5.91 Å². The first kappa shape index (κ1) is 10.1. The molecule has 0 aliphatic heterocycles. The van der Waals surface area contributed by atoms with Crippen LogP contribution in [0.25, 0.3) is 10.9 Å². The maximum atomic E-state index is 11.2. The minimum Gasteiger partial charge on any atom is -0.366 e. The number of rotatable bonds is 1. The van der Waals surface area contributed by atoms with Crippen LogP contribution < -0.4 is 5.73 Å².